The van der Waals surface area contributed by atoms with Crippen LogP contribution in [0.25, 0.3) is 0 Å². The average Bonchev–Trinajstić information content (AvgIpc) is 2.08. The van der Waals surface area contributed by atoms with Crippen molar-refractivity contribution in [2.75, 3.05) is 26.2 Å². The molecule has 1 aliphatic heterocycles. The molecular weight excluding hydrogens is 233 g/mol. The van der Waals surface area contributed by atoms with Crippen LogP contribution in [0.4, 0.5) is 13.2 Å². The second-order valence-electron chi connectivity index (χ2n) is 5.36. The molecule has 0 aliphatic carbocycles. The fourth-order valence-electron chi connectivity index (χ4n) is 2.35. The number of rotatable bonds is 3. The van der Waals surface area contributed by atoms with Crippen LogP contribution in [0.2, 0.25) is 0 Å². The van der Waals surface area contributed by atoms with E-state index < -0.39 is 17.7 Å². The Balaban J connectivity index is 2.61. The second-order valence-corrected chi connectivity index (χ2v) is 5.36. The first-order valence-electron chi connectivity index (χ1n) is 5.81. The largest absolute Gasteiger partial charge is 0.394 e. The van der Waals surface area contributed by atoms with E-state index in [1.165, 1.54) is 0 Å². The Morgan fingerprint density at radius 3 is 2.47 bits per heavy atom. The fourth-order valence-corrected chi connectivity index (χ4v) is 2.35. The number of alkyl halides is 3. The van der Waals surface area contributed by atoms with Crippen molar-refractivity contribution in [2.24, 2.45) is 11.7 Å². The molecule has 2 atom stereocenters. The normalized spacial score (nSPS) is 28.1. The molecular formula is C11H21F3N2O. The van der Waals surface area contributed by atoms with Crippen LogP contribution in [0.3, 0.4) is 0 Å². The lowest BCUT2D eigenvalue weighted by Crippen LogP contribution is -2.54. The van der Waals surface area contributed by atoms with E-state index in [0.717, 1.165) is 0 Å². The Kier molecular flexibility index (Phi) is 4.43. The number of hydrogen-bond donors (Lipinski definition) is 1. The monoisotopic (exact) mass is 254 g/mol. The molecule has 1 fully saturated rings. The van der Waals surface area contributed by atoms with Crippen LogP contribution in [0.1, 0.15) is 20.8 Å². The molecule has 1 heterocycles. The van der Waals surface area contributed by atoms with Gasteiger partial charge in [0, 0.05) is 26.2 Å². The topological polar surface area (TPSA) is 38.5 Å². The van der Waals surface area contributed by atoms with Crippen LogP contribution in [-0.2, 0) is 4.74 Å². The highest BCUT2D eigenvalue weighted by Gasteiger charge is 2.41. The van der Waals surface area contributed by atoms with E-state index in [2.05, 4.69) is 0 Å². The predicted octanol–water partition coefficient (Wildman–Crippen LogP) is 1.62. The first kappa shape index (κ1) is 14.7. The Morgan fingerprint density at radius 2 is 2.06 bits per heavy atom. The number of ether oxygens (including phenoxy) is 1. The first-order chi connectivity index (χ1) is 7.64. The van der Waals surface area contributed by atoms with Gasteiger partial charge in [0.1, 0.15) is 0 Å². The lowest BCUT2D eigenvalue weighted by molar-refractivity contribution is -0.188. The van der Waals surface area contributed by atoms with Gasteiger partial charge < -0.3 is 10.5 Å². The highest BCUT2D eigenvalue weighted by Crippen LogP contribution is 2.28. The van der Waals surface area contributed by atoms with Gasteiger partial charge in [0.2, 0.25) is 0 Å². The van der Waals surface area contributed by atoms with Crippen LogP contribution in [-0.4, -0.2) is 49.0 Å². The molecule has 0 radical (unpaired) electrons. The Bertz CT molecular complexity index is 256. The number of morpholine rings is 1. The number of halogens is 3. The lowest BCUT2D eigenvalue weighted by atomic mass is 10.0. The SMILES string of the molecule is CC1CN(CC(CN)C(F)(F)F)CC(C)(C)O1. The van der Waals surface area contributed by atoms with E-state index in [9.17, 15) is 13.2 Å². The van der Waals surface area contributed by atoms with Crippen LogP contribution in [0.5, 0.6) is 0 Å². The van der Waals surface area contributed by atoms with Crippen molar-refractivity contribution in [3.05, 3.63) is 0 Å². The predicted molar refractivity (Wildman–Crippen MR) is 59.7 cm³/mol. The third kappa shape index (κ3) is 4.44. The summed E-state index contributed by atoms with van der Waals surface area (Å²) in [6.45, 7) is 6.27. The molecule has 3 nitrogen and oxygen atoms in total. The highest BCUT2D eigenvalue weighted by atomic mass is 19.4. The highest BCUT2D eigenvalue weighted by molar-refractivity contribution is 4.85. The fraction of sp³-hybridized carbons (Fsp3) is 1.00. The summed E-state index contributed by atoms with van der Waals surface area (Å²) >= 11 is 0. The summed E-state index contributed by atoms with van der Waals surface area (Å²) in [6.07, 6.45) is -4.27. The molecule has 0 bridgehead atoms. The van der Waals surface area contributed by atoms with Gasteiger partial charge in [-0.1, -0.05) is 0 Å². The van der Waals surface area contributed by atoms with Crippen molar-refractivity contribution in [1.29, 1.82) is 0 Å². The van der Waals surface area contributed by atoms with E-state index in [0.29, 0.717) is 13.1 Å². The molecule has 1 rings (SSSR count). The molecule has 102 valence electrons. The summed E-state index contributed by atoms with van der Waals surface area (Å²) in [5, 5.41) is 0. The molecule has 17 heavy (non-hydrogen) atoms. The van der Waals surface area contributed by atoms with Gasteiger partial charge in [-0.15, -0.1) is 0 Å². The average molecular weight is 254 g/mol. The summed E-state index contributed by atoms with van der Waals surface area (Å²) in [6, 6.07) is 0. The van der Waals surface area contributed by atoms with E-state index in [-0.39, 0.29) is 19.2 Å². The molecule has 0 aromatic rings. The zero-order valence-corrected chi connectivity index (χ0v) is 10.5. The van der Waals surface area contributed by atoms with Crippen LogP contribution in [0.15, 0.2) is 0 Å². The lowest BCUT2D eigenvalue weighted by Gasteiger charge is -2.43. The minimum absolute atomic E-state index is 0.0445. The minimum atomic E-state index is -4.22. The Morgan fingerprint density at radius 1 is 1.47 bits per heavy atom. The van der Waals surface area contributed by atoms with Crippen LogP contribution in [0, 0.1) is 5.92 Å². The van der Waals surface area contributed by atoms with E-state index in [4.69, 9.17) is 10.5 Å². The quantitative estimate of drug-likeness (QED) is 0.832. The van der Waals surface area contributed by atoms with Crippen molar-refractivity contribution in [1.82, 2.24) is 4.90 Å². The van der Waals surface area contributed by atoms with Gasteiger partial charge in [-0.2, -0.15) is 13.2 Å². The first-order valence-corrected chi connectivity index (χ1v) is 5.81. The van der Waals surface area contributed by atoms with Crippen molar-refractivity contribution < 1.29 is 17.9 Å². The number of nitrogens with two attached hydrogens (primary N) is 1. The van der Waals surface area contributed by atoms with Crippen molar-refractivity contribution >= 4 is 0 Å². The van der Waals surface area contributed by atoms with Crippen molar-refractivity contribution in [3.8, 4) is 0 Å². The smallest absolute Gasteiger partial charge is 0.370 e. The Hall–Kier alpha value is -0.330. The van der Waals surface area contributed by atoms with Gasteiger partial charge in [-0.05, 0) is 20.8 Å². The van der Waals surface area contributed by atoms with Gasteiger partial charge in [0.25, 0.3) is 0 Å². The standard InChI is InChI=1S/C11H21F3N2O/c1-8-5-16(7-10(2,3)17-8)6-9(4-15)11(12,13)14/h8-9H,4-7,15H2,1-3H3. The third-order valence-corrected chi connectivity index (χ3v) is 2.87. The Labute approximate surface area is 100 Å². The minimum Gasteiger partial charge on any atom is -0.370 e. The van der Waals surface area contributed by atoms with E-state index in [1.807, 2.05) is 20.8 Å². The van der Waals surface area contributed by atoms with Crippen LogP contribution < -0.4 is 5.73 Å². The van der Waals surface area contributed by atoms with Crippen molar-refractivity contribution in [3.63, 3.8) is 0 Å². The summed E-state index contributed by atoms with van der Waals surface area (Å²) in [5.41, 5.74) is 4.80. The molecule has 1 saturated heterocycles. The van der Waals surface area contributed by atoms with E-state index in [1.54, 1.807) is 4.90 Å². The molecule has 0 aromatic carbocycles. The molecule has 6 heteroatoms. The van der Waals surface area contributed by atoms with Gasteiger partial charge >= 0.3 is 6.18 Å². The molecule has 0 spiro atoms. The summed E-state index contributed by atoms with van der Waals surface area (Å²) in [7, 11) is 0. The maximum atomic E-state index is 12.6. The molecule has 0 saturated carbocycles. The number of nitrogens with zero attached hydrogens (tertiary/aromatic N) is 1. The van der Waals surface area contributed by atoms with Gasteiger partial charge in [0.05, 0.1) is 17.6 Å². The zero-order chi connectivity index (χ0) is 13.3. The third-order valence-electron chi connectivity index (χ3n) is 2.87. The summed E-state index contributed by atoms with van der Waals surface area (Å²) < 4.78 is 43.5. The summed E-state index contributed by atoms with van der Waals surface area (Å²) in [4.78, 5) is 1.79. The maximum absolute atomic E-state index is 12.6. The zero-order valence-electron chi connectivity index (χ0n) is 10.5. The maximum Gasteiger partial charge on any atom is 0.394 e. The van der Waals surface area contributed by atoms with Gasteiger partial charge in [0.15, 0.2) is 0 Å². The molecule has 0 aromatic heterocycles. The van der Waals surface area contributed by atoms with Crippen molar-refractivity contribution in [2.45, 2.75) is 38.7 Å². The molecule has 2 N–H and O–H groups in total. The van der Waals surface area contributed by atoms with Gasteiger partial charge in [-0.3, -0.25) is 4.90 Å². The van der Waals surface area contributed by atoms with E-state index >= 15 is 0 Å². The summed E-state index contributed by atoms with van der Waals surface area (Å²) in [5.74, 6) is -1.46. The van der Waals surface area contributed by atoms with Gasteiger partial charge in [-0.25, -0.2) is 0 Å². The number of hydrogen-bond acceptors (Lipinski definition) is 3. The molecule has 2 unspecified atom stereocenters. The second kappa shape index (κ2) is 5.12. The molecule has 0 amide bonds. The molecule has 1 aliphatic rings. The van der Waals surface area contributed by atoms with Crippen LogP contribution >= 0.6 is 0 Å².